The third-order valence-corrected chi connectivity index (χ3v) is 2.28. The number of carbonyl (C=O) groups is 1. The van der Waals surface area contributed by atoms with Crippen molar-refractivity contribution in [3.63, 3.8) is 0 Å². The highest BCUT2D eigenvalue weighted by Gasteiger charge is 2.10. The molecule has 0 aliphatic heterocycles. The topological polar surface area (TPSA) is 77.5 Å². The minimum atomic E-state index is -0.205. The Morgan fingerprint density at radius 1 is 1.69 bits per heavy atom. The molecule has 0 aromatic carbocycles. The lowest BCUT2D eigenvalue weighted by atomic mass is 10.2. The van der Waals surface area contributed by atoms with Gasteiger partial charge in [0.15, 0.2) is 0 Å². The number of nitrogens with one attached hydrogen (secondary N) is 1. The molecule has 3 N–H and O–H groups in total. The Balaban J connectivity index is 2.15. The van der Waals surface area contributed by atoms with Gasteiger partial charge in [-0.25, -0.2) is 0 Å². The lowest BCUT2D eigenvalue weighted by molar-refractivity contribution is -0.123. The summed E-state index contributed by atoms with van der Waals surface area (Å²) in [6.45, 7) is 0.912. The summed E-state index contributed by atoms with van der Waals surface area (Å²) in [6, 6.07) is 3.70. The number of ether oxygens (including phenoxy) is 1. The first-order valence-electron chi connectivity index (χ1n) is 5.28. The number of carbonyl (C=O) groups excluding carboxylic acids is 1. The van der Waals surface area contributed by atoms with Crippen molar-refractivity contribution in [3.8, 4) is 0 Å². The maximum Gasteiger partial charge on any atom is 0.222 e. The molecular formula is C11H18N2O3. The molecule has 90 valence electrons. The van der Waals surface area contributed by atoms with Crippen LogP contribution >= 0.6 is 0 Å². The smallest absolute Gasteiger partial charge is 0.222 e. The highest BCUT2D eigenvalue weighted by molar-refractivity contribution is 5.76. The molecule has 1 amide bonds. The predicted octanol–water partition coefficient (Wildman–Crippen LogP) is 0.302. The largest absolute Gasteiger partial charge is 0.469 e. The number of methoxy groups -OCH3 is 1. The van der Waals surface area contributed by atoms with Gasteiger partial charge in [0, 0.05) is 26.6 Å². The first-order chi connectivity index (χ1) is 7.76. The van der Waals surface area contributed by atoms with Gasteiger partial charge in [-0.15, -0.1) is 0 Å². The number of furan rings is 1. The summed E-state index contributed by atoms with van der Waals surface area (Å²) in [7, 11) is 1.55. The van der Waals surface area contributed by atoms with E-state index in [1.54, 1.807) is 13.4 Å². The molecule has 1 unspecified atom stereocenters. The van der Waals surface area contributed by atoms with Crippen LogP contribution in [0, 0.1) is 0 Å². The molecule has 0 spiro atoms. The summed E-state index contributed by atoms with van der Waals surface area (Å²) in [4.78, 5) is 11.4. The van der Waals surface area contributed by atoms with Crippen LogP contribution in [-0.2, 0) is 16.0 Å². The molecule has 0 fully saturated rings. The van der Waals surface area contributed by atoms with Crippen LogP contribution in [0.1, 0.15) is 12.2 Å². The Morgan fingerprint density at radius 2 is 2.50 bits per heavy atom. The van der Waals surface area contributed by atoms with Gasteiger partial charge in [0.05, 0.1) is 18.8 Å². The Morgan fingerprint density at radius 3 is 3.06 bits per heavy atom. The number of nitrogens with two attached hydrogens (primary N) is 1. The molecule has 0 aliphatic rings. The van der Waals surface area contributed by atoms with Gasteiger partial charge >= 0.3 is 0 Å². The second-order valence-electron chi connectivity index (χ2n) is 3.48. The first kappa shape index (κ1) is 12.7. The van der Waals surface area contributed by atoms with Crippen molar-refractivity contribution in [2.75, 3.05) is 20.2 Å². The van der Waals surface area contributed by atoms with E-state index in [0.29, 0.717) is 25.9 Å². The summed E-state index contributed by atoms with van der Waals surface area (Å²) in [5, 5.41) is 2.79. The SMILES string of the molecule is COC(CN)CC(=O)NCCc1ccco1. The van der Waals surface area contributed by atoms with E-state index in [4.69, 9.17) is 14.9 Å². The standard InChI is InChI=1S/C11H18N2O3/c1-15-10(8-12)7-11(14)13-5-4-9-3-2-6-16-9/h2-3,6,10H,4-5,7-8,12H2,1H3,(H,13,14). The quantitative estimate of drug-likeness (QED) is 0.701. The molecule has 1 rings (SSSR count). The normalized spacial score (nSPS) is 12.4. The zero-order valence-electron chi connectivity index (χ0n) is 9.44. The maximum atomic E-state index is 11.4. The number of rotatable bonds is 7. The maximum absolute atomic E-state index is 11.4. The van der Waals surface area contributed by atoms with Crippen molar-refractivity contribution in [1.82, 2.24) is 5.32 Å². The van der Waals surface area contributed by atoms with Crippen LogP contribution in [0.15, 0.2) is 22.8 Å². The Hall–Kier alpha value is -1.33. The third kappa shape index (κ3) is 4.46. The van der Waals surface area contributed by atoms with E-state index in [1.165, 1.54) is 0 Å². The number of amides is 1. The lowest BCUT2D eigenvalue weighted by Crippen LogP contribution is -2.33. The predicted molar refractivity (Wildman–Crippen MR) is 59.9 cm³/mol. The molecule has 0 bridgehead atoms. The van der Waals surface area contributed by atoms with Crippen molar-refractivity contribution in [2.45, 2.75) is 18.9 Å². The van der Waals surface area contributed by atoms with E-state index in [0.717, 1.165) is 5.76 Å². The van der Waals surface area contributed by atoms with E-state index in [2.05, 4.69) is 5.32 Å². The highest BCUT2D eigenvalue weighted by atomic mass is 16.5. The Labute approximate surface area is 94.9 Å². The van der Waals surface area contributed by atoms with Gasteiger partial charge in [-0.05, 0) is 12.1 Å². The molecule has 0 saturated carbocycles. The van der Waals surface area contributed by atoms with E-state index in [9.17, 15) is 4.79 Å². The average Bonchev–Trinajstić information content (AvgIpc) is 2.79. The van der Waals surface area contributed by atoms with Crippen molar-refractivity contribution < 1.29 is 13.9 Å². The molecule has 1 aromatic heterocycles. The van der Waals surface area contributed by atoms with Crippen molar-refractivity contribution in [1.29, 1.82) is 0 Å². The molecule has 0 aliphatic carbocycles. The molecular weight excluding hydrogens is 208 g/mol. The minimum absolute atomic E-state index is 0.0520. The van der Waals surface area contributed by atoms with Gasteiger partial charge in [0.1, 0.15) is 5.76 Å². The average molecular weight is 226 g/mol. The van der Waals surface area contributed by atoms with Crippen molar-refractivity contribution in [3.05, 3.63) is 24.2 Å². The zero-order chi connectivity index (χ0) is 11.8. The van der Waals surface area contributed by atoms with E-state index in [1.807, 2.05) is 12.1 Å². The summed E-state index contributed by atoms with van der Waals surface area (Å²) in [5.41, 5.74) is 5.42. The van der Waals surface area contributed by atoms with Crippen molar-refractivity contribution in [2.24, 2.45) is 5.73 Å². The van der Waals surface area contributed by atoms with Gasteiger partial charge in [0.25, 0.3) is 0 Å². The summed E-state index contributed by atoms with van der Waals surface area (Å²) in [6.07, 6.45) is 2.40. The van der Waals surface area contributed by atoms with E-state index >= 15 is 0 Å². The number of hydrogen-bond acceptors (Lipinski definition) is 4. The van der Waals surface area contributed by atoms with E-state index < -0.39 is 0 Å². The molecule has 1 atom stereocenters. The number of hydrogen-bond donors (Lipinski definition) is 2. The molecule has 1 aromatic rings. The summed E-state index contributed by atoms with van der Waals surface area (Å²) < 4.78 is 10.2. The second kappa shape index (κ2) is 7.03. The Bertz CT molecular complexity index is 294. The van der Waals surface area contributed by atoms with Crippen LogP contribution in [-0.4, -0.2) is 32.2 Å². The van der Waals surface area contributed by atoms with E-state index in [-0.39, 0.29) is 12.0 Å². The van der Waals surface area contributed by atoms with Crippen LogP contribution in [0.4, 0.5) is 0 Å². The molecule has 16 heavy (non-hydrogen) atoms. The summed E-state index contributed by atoms with van der Waals surface area (Å²) in [5.74, 6) is 0.811. The summed E-state index contributed by atoms with van der Waals surface area (Å²) >= 11 is 0. The fourth-order valence-corrected chi connectivity index (χ4v) is 1.32. The van der Waals surface area contributed by atoms with Gasteiger partial charge < -0.3 is 20.2 Å². The van der Waals surface area contributed by atoms with Gasteiger partial charge in [0.2, 0.25) is 5.91 Å². The molecule has 5 heteroatoms. The fourth-order valence-electron chi connectivity index (χ4n) is 1.32. The lowest BCUT2D eigenvalue weighted by Gasteiger charge is -2.12. The van der Waals surface area contributed by atoms with Gasteiger partial charge in [-0.2, -0.15) is 0 Å². The van der Waals surface area contributed by atoms with Crippen LogP contribution in [0.25, 0.3) is 0 Å². The molecule has 0 saturated heterocycles. The van der Waals surface area contributed by atoms with Crippen LogP contribution in [0.3, 0.4) is 0 Å². The monoisotopic (exact) mass is 226 g/mol. The van der Waals surface area contributed by atoms with Gasteiger partial charge in [-0.1, -0.05) is 0 Å². The minimum Gasteiger partial charge on any atom is -0.469 e. The van der Waals surface area contributed by atoms with Crippen LogP contribution < -0.4 is 11.1 Å². The first-order valence-corrected chi connectivity index (χ1v) is 5.28. The zero-order valence-corrected chi connectivity index (χ0v) is 9.44. The second-order valence-corrected chi connectivity index (χ2v) is 3.48. The molecule has 1 heterocycles. The van der Waals surface area contributed by atoms with Gasteiger partial charge in [-0.3, -0.25) is 4.79 Å². The third-order valence-electron chi connectivity index (χ3n) is 2.28. The van der Waals surface area contributed by atoms with Crippen molar-refractivity contribution >= 4 is 5.91 Å². The molecule has 0 radical (unpaired) electrons. The van der Waals surface area contributed by atoms with Crippen LogP contribution in [0.5, 0.6) is 0 Å². The fraction of sp³-hybridized carbons (Fsp3) is 0.545. The molecule has 5 nitrogen and oxygen atoms in total. The highest BCUT2D eigenvalue weighted by Crippen LogP contribution is 2.00. The van der Waals surface area contributed by atoms with Crippen LogP contribution in [0.2, 0.25) is 0 Å². The Kier molecular flexibility index (Phi) is 5.60.